The van der Waals surface area contributed by atoms with Gasteiger partial charge in [0.25, 0.3) is 5.69 Å². The Bertz CT molecular complexity index is 357. The Labute approximate surface area is 89.2 Å². The smallest absolute Gasteiger partial charge is 0.258 e. The number of hydrogen-bond acceptors (Lipinski definition) is 2. The minimum atomic E-state index is -0.605. The highest BCUT2D eigenvalue weighted by molar-refractivity contribution is 9.09. The molecule has 0 bridgehead atoms. The second-order valence-electron chi connectivity index (χ2n) is 3.02. The molecular weight excluding hydrogens is 253 g/mol. The molecule has 0 N–H and O–H groups in total. The summed E-state index contributed by atoms with van der Waals surface area (Å²) in [6.45, 7) is 1.85. The van der Waals surface area contributed by atoms with Gasteiger partial charge < -0.3 is 0 Å². The second kappa shape index (κ2) is 4.50. The second-order valence-corrected chi connectivity index (χ2v) is 3.67. The number of alkyl halides is 1. The minimum Gasteiger partial charge on any atom is -0.258 e. The van der Waals surface area contributed by atoms with Gasteiger partial charge in [0.2, 0.25) is 0 Å². The molecule has 0 aliphatic heterocycles. The first kappa shape index (κ1) is 11.1. The number of hydrogen-bond donors (Lipinski definition) is 0. The summed E-state index contributed by atoms with van der Waals surface area (Å²) in [5.41, 5.74) is 0.278. The van der Waals surface area contributed by atoms with Gasteiger partial charge in [-0.15, -0.1) is 0 Å². The maximum Gasteiger partial charge on any atom is 0.272 e. The summed E-state index contributed by atoms with van der Waals surface area (Å²) in [4.78, 5) is 9.73. The molecule has 0 spiro atoms. The normalized spacial score (nSPS) is 12.5. The predicted octanol–water partition coefficient (Wildman–Crippen LogP) is 3.23. The van der Waals surface area contributed by atoms with Crippen LogP contribution in [0.25, 0.3) is 0 Å². The third-order valence-corrected chi connectivity index (χ3v) is 2.93. The molecular formula is C9H9BrFNO2. The van der Waals surface area contributed by atoms with Crippen molar-refractivity contribution in [3.63, 3.8) is 0 Å². The lowest BCUT2D eigenvalue weighted by Crippen LogP contribution is -1.99. The van der Waals surface area contributed by atoms with Crippen LogP contribution in [0.2, 0.25) is 0 Å². The Hall–Kier alpha value is -0.970. The first-order chi connectivity index (χ1) is 6.56. The summed E-state index contributed by atoms with van der Waals surface area (Å²) in [6.07, 6.45) is 0. The van der Waals surface area contributed by atoms with E-state index in [0.29, 0.717) is 10.9 Å². The SMILES string of the molecule is CC(CBr)c1ccc([N+](=O)[O-])cc1F. The number of nitro groups is 1. The molecule has 0 aliphatic rings. The molecule has 1 atom stereocenters. The van der Waals surface area contributed by atoms with Crippen molar-refractivity contribution in [2.45, 2.75) is 12.8 Å². The van der Waals surface area contributed by atoms with Crippen LogP contribution < -0.4 is 0 Å². The van der Waals surface area contributed by atoms with E-state index in [9.17, 15) is 14.5 Å². The van der Waals surface area contributed by atoms with Crippen LogP contribution in [0.15, 0.2) is 18.2 Å². The van der Waals surface area contributed by atoms with Crippen molar-refractivity contribution >= 4 is 21.6 Å². The van der Waals surface area contributed by atoms with Gasteiger partial charge in [-0.1, -0.05) is 22.9 Å². The van der Waals surface area contributed by atoms with E-state index in [0.717, 1.165) is 6.07 Å². The molecule has 0 saturated carbocycles. The highest BCUT2D eigenvalue weighted by atomic mass is 79.9. The summed E-state index contributed by atoms with van der Waals surface area (Å²) >= 11 is 3.23. The van der Waals surface area contributed by atoms with Crippen LogP contribution in [-0.4, -0.2) is 10.3 Å². The lowest BCUT2D eigenvalue weighted by atomic mass is 10.0. The van der Waals surface area contributed by atoms with Gasteiger partial charge in [-0.3, -0.25) is 10.1 Å². The zero-order valence-electron chi connectivity index (χ0n) is 7.54. The molecule has 3 nitrogen and oxygen atoms in total. The Morgan fingerprint density at radius 1 is 1.64 bits per heavy atom. The maximum absolute atomic E-state index is 13.3. The third-order valence-electron chi connectivity index (χ3n) is 1.96. The number of rotatable bonds is 3. The fraction of sp³-hybridized carbons (Fsp3) is 0.333. The quantitative estimate of drug-likeness (QED) is 0.476. The van der Waals surface area contributed by atoms with E-state index in [1.165, 1.54) is 12.1 Å². The molecule has 76 valence electrons. The van der Waals surface area contributed by atoms with Crippen LogP contribution >= 0.6 is 15.9 Å². The molecule has 0 fully saturated rings. The molecule has 1 unspecified atom stereocenters. The van der Waals surface area contributed by atoms with Gasteiger partial charge in [-0.25, -0.2) is 4.39 Å². The highest BCUT2D eigenvalue weighted by Crippen LogP contribution is 2.24. The van der Waals surface area contributed by atoms with Crippen molar-refractivity contribution in [2.75, 3.05) is 5.33 Å². The first-order valence-electron chi connectivity index (χ1n) is 4.06. The van der Waals surface area contributed by atoms with Gasteiger partial charge in [0.1, 0.15) is 5.82 Å². The fourth-order valence-electron chi connectivity index (χ4n) is 1.11. The maximum atomic E-state index is 13.3. The van der Waals surface area contributed by atoms with Crippen LogP contribution in [0, 0.1) is 15.9 Å². The van der Waals surface area contributed by atoms with E-state index in [2.05, 4.69) is 15.9 Å². The molecule has 0 amide bonds. The van der Waals surface area contributed by atoms with E-state index in [4.69, 9.17) is 0 Å². The highest BCUT2D eigenvalue weighted by Gasteiger charge is 2.14. The molecule has 5 heteroatoms. The van der Waals surface area contributed by atoms with Crippen LogP contribution in [0.1, 0.15) is 18.4 Å². The van der Waals surface area contributed by atoms with Gasteiger partial charge in [-0.05, 0) is 17.5 Å². The van der Waals surface area contributed by atoms with Crippen molar-refractivity contribution in [1.82, 2.24) is 0 Å². The van der Waals surface area contributed by atoms with Gasteiger partial charge >= 0.3 is 0 Å². The summed E-state index contributed by atoms with van der Waals surface area (Å²) in [7, 11) is 0. The number of nitro benzene ring substituents is 1. The zero-order chi connectivity index (χ0) is 10.7. The molecule has 0 radical (unpaired) electrons. The molecule has 1 aromatic carbocycles. The largest absolute Gasteiger partial charge is 0.272 e. The summed E-state index contributed by atoms with van der Waals surface area (Å²) < 4.78 is 13.3. The summed E-state index contributed by atoms with van der Waals surface area (Å²) in [5, 5.41) is 11.0. The van der Waals surface area contributed by atoms with Crippen LogP contribution in [0.3, 0.4) is 0 Å². The third kappa shape index (κ3) is 2.29. The van der Waals surface area contributed by atoms with Gasteiger partial charge in [0, 0.05) is 11.4 Å². The molecule has 1 rings (SSSR count). The van der Waals surface area contributed by atoms with E-state index < -0.39 is 10.7 Å². The van der Waals surface area contributed by atoms with E-state index in [1.54, 1.807) is 0 Å². The Morgan fingerprint density at radius 3 is 2.71 bits per heavy atom. The predicted molar refractivity (Wildman–Crippen MR) is 55.3 cm³/mol. The van der Waals surface area contributed by atoms with Crippen LogP contribution in [0.5, 0.6) is 0 Å². The monoisotopic (exact) mass is 261 g/mol. The first-order valence-corrected chi connectivity index (χ1v) is 5.18. The van der Waals surface area contributed by atoms with Crippen molar-refractivity contribution in [1.29, 1.82) is 0 Å². The van der Waals surface area contributed by atoms with Gasteiger partial charge in [0.15, 0.2) is 0 Å². The lowest BCUT2D eigenvalue weighted by Gasteiger charge is -2.08. The van der Waals surface area contributed by atoms with E-state index in [-0.39, 0.29) is 11.6 Å². The Morgan fingerprint density at radius 2 is 2.29 bits per heavy atom. The van der Waals surface area contributed by atoms with Crippen molar-refractivity contribution in [2.24, 2.45) is 0 Å². The van der Waals surface area contributed by atoms with Gasteiger partial charge in [-0.2, -0.15) is 0 Å². The number of benzene rings is 1. The molecule has 0 saturated heterocycles. The van der Waals surface area contributed by atoms with Crippen molar-refractivity contribution in [3.8, 4) is 0 Å². The number of non-ortho nitro benzene ring substituents is 1. The van der Waals surface area contributed by atoms with Gasteiger partial charge in [0.05, 0.1) is 11.0 Å². The molecule has 0 heterocycles. The average molecular weight is 262 g/mol. The fourth-order valence-corrected chi connectivity index (χ4v) is 1.46. The van der Waals surface area contributed by atoms with E-state index >= 15 is 0 Å². The average Bonchev–Trinajstić information content (AvgIpc) is 2.16. The molecule has 0 aliphatic carbocycles. The Balaban J connectivity index is 3.07. The van der Waals surface area contributed by atoms with Crippen LogP contribution in [-0.2, 0) is 0 Å². The molecule has 0 aromatic heterocycles. The Kier molecular flexibility index (Phi) is 3.57. The van der Waals surface area contributed by atoms with Crippen molar-refractivity contribution in [3.05, 3.63) is 39.7 Å². The zero-order valence-corrected chi connectivity index (χ0v) is 9.12. The van der Waals surface area contributed by atoms with Crippen LogP contribution in [0.4, 0.5) is 10.1 Å². The molecule has 14 heavy (non-hydrogen) atoms. The summed E-state index contributed by atoms with van der Waals surface area (Å²) in [5.74, 6) is -0.512. The van der Waals surface area contributed by atoms with Crippen molar-refractivity contribution < 1.29 is 9.31 Å². The number of halogens is 2. The standard InChI is InChI=1S/C9H9BrFNO2/c1-6(5-10)8-3-2-7(12(13)14)4-9(8)11/h2-4,6H,5H2,1H3. The topological polar surface area (TPSA) is 43.1 Å². The van der Waals surface area contributed by atoms with E-state index in [1.807, 2.05) is 6.92 Å². The number of nitrogens with zero attached hydrogens (tertiary/aromatic N) is 1. The lowest BCUT2D eigenvalue weighted by molar-refractivity contribution is -0.385. The minimum absolute atomic E-state index is 0.0100. The molecule has 1 aromatic rings. The summed E-state index contributed by atoms with van der Waals surface area (Å²) in [6, 6.07) is 3.73.